The predicted octanol–water partition coefficient (Wildman–Crippen LogP) is 1.01. The molecule has 1 aromatic carbocycles. The lowest BCUT2D eigenvalue weighted by Gasteiger charge is -2.20. The lowest BCUT2D eigenvalue weighted by Crippen LogP contribution is -2.37. The van der Waals surface area contributed by atoms with Crippen LogP contribution in [-0.2, 0) is 9.59 Å². The van der Waals surface area contributed by atoms with Crippen molar-refractivity contribution in [3.05, 3.63) is 24.3 Å². The number of anilines is 1. The van der Waals surface area contributed by atoms with Gasteiger partial charge in [-0.2, -0.15) is 0 Å². The summed E-state index contributed by atoms with van der Waals surface area (Å²) in [5.41, 5.74) is 0.844. The van der Waals surface area contributed by atoms with Gasteiger partial charge >= 0.3 is 0 Å². The highest BCUT2D eigenvalue weighted by Crippen LogP contribution is 2.25. The molecule has 0 aromatic heterocycles. The van der Waals surface area contributed by atoms with Crippen molar-refractivity contribution in [2.75, 3.05) is 44.2 Å². The number of nitrogens with one attached hydrogen (secondary N) is 1. The summed E-state index contributed by atoms with van der Waals surface area (Å²) < 4.78 is 5.65. The van der Waals surface area contributed by atoms with Crippen LogP contribution < -0.4 is 15.0 Å². The largest absolute Gasteiger partial charge is 0.484 e. The van der Waals surface area contributed by atoms with Gasteiger partial charge in [0.1, 0.15) is 5.75 Å². The summed E-state index contributed by atoms with van der Waals surface area (Å²) >= 11 is 0. The highest BCUT2D eigenvalue weighted by molar-refractivity contribution is 5.95. The molecule has 1 aromatic rings. The number of ether oxygens (including phenoxy) is 1. The molecule has 0 bridgehead atoms. The second kappa shape index (κ2) is 7.46. The van der Waals surface area contributed by atoms with Gasteiger partial charge in [-0.1, -0.05) is 6.07 Å². The molecule has 1 N–H and O–H groups in total. The van der Waals surface area contributed by atoms with Gasteiger partial charge in [0.2, 0.25) is 5.91 Å². The monoisotopic (exact) mass is 317 g/mol. The minimum absolute atomic E-state index is 0.0105. The Kier molecular flexibility index (Phi) is 5.12. The smallest absolute Gasteiger partial charge is 0.260 e. The molecule has 0 aliphatic carbocycles. The molecule has 0 atom stereocenters. The first kappa shape index (κ1) is 15.8. The first-order valence-corrected chi connectivity index (χ1v) is 8.26. The average Bonchev–Trinajstić information content (AvgIpc) is 2.83. The molecule has 6 nitrogen and oxygen atoms in total. The molecule has 3 rings (SSSR count). The Bertz CT molecular complexity index is 568. The van der Waals surface area contributed by atoms with Crippen LogP contribution in [0.5, 0.6) is 5.75 Å². The Morgan fingerprint density at radius 1 is 1.17 bits per heavy atom. The average molecular weight is 317 g/mol. The molecule has 2 amide bonds. The second-order valence-electron chi connectivity index (χ2n) is 5.92. The van der Waals surface area contributed by atoms with Crippen LogP contribution in [0, 0.1) is 0 Å². The van der Waals surface area contributed by atoms with E-state index in [2.05, 4.69) is 5.32 Å². The van der Waals surface area contributed by atoms with Gasteiger partial charge in [0, 0.05) is 44.4 Å². The number of hydrogen-bond donors (Lipinski definition) is 1. The van der Waals surface area contributed by atoms with E-state index in [1.807, 2.05) is 29.2 Å². The maximum Gasteiger partial charge on any atom is 0.260 e. The molecule has 23 heavy (non-hydrogen) atoms. The molecule has 2 aliphatic heterocycles. The number of benzene rings is 1. The van der Waals surface area contributed by atoms with Crippen LogP contribution in [0.4, 0.5) is 5.69 Å². The number of amides is 2. The lowest BCUT2D eigenvalue weighted by molar-refractivity contribution is -0.133. The molecule has 0 radical (unpaired) electrons. The van der Waals surface area contributed by atoms with Gasteiger partial charge in [-0.15, -0.1) is 0 Å². The first-order chi connectivity index (χ1) is 11.2. The van der Waals surface area contributed by atoms with Crippen molar-refractivity contribution in [1.82, 2.24) is 10.2 Å². The van der Waals surface area contributed by atoms with Gasteiger partial charge in [-0.3, -0.25) is 9.59 Å². The van der Waals surface area contributed by atoms with E-state index in [1.165, 1.54) is 0 Å². The van der Waals surface area contributed by atoms with Crippen molar-refractivity contribution in [3.8, 4) is 5.75 Å². The van der Waals surface area contributed by atoms with Gasteiger partial charge < -0.3 is 19.9 Å². The van der Waals surface area contributed by atoms with Gasteiger partial charge in [0.25, 0.3) is 5.91 Å². The highest BCUT2D eigenvalue weighted by Gasteiger charge is 2.22. The van der Waals surface area contributed by atoms with Crippen LogP contribution in [0.25, 0.3) is 0 Å². The quantitative estimate of drug-likeness (QED) is 0.900. The summed E-state index contributed by atoms with van der Waals surface area (Å²) in [6.45, 7) is 4.08. The van der Waals surface area contributed by atoms with Crippen molar-refractivity contribution >= 4 is 17.5 Å². The molecule has 0 unspecified atom stereocenters. The summed E-state index contributed by atoms with van der Waals surface area (Å²) in [7, 11) is 0. The maximum absolute atomic E-state index is 12.2. The van der Waals surface area contributed by atoms with E-state index >= 15 is 0 Å². The third kappa shape index (κ3) is 4.01. The molecule has 2 heterocycles. The number of nitrogens with zero attached hydrogens (tertiary/aromatic N) is 2. The molecule has 2 fully saturated rings. The normalized spacial score (nSPS) is 18.9. The van der Waals surface area contributed by atoms with Crippen LogP contribution in [0.15, 0.2) is 24.3 Å². The molecule has 0 saturated carbocycles. The number of carbonyl (C=O) groups excluding carboxylic acids is 2. The van der Waals surface area contributed by atoms with Gasteiger partial charge in [-0.25, -0.2) is 0 Å². The predicted molar refractivity (Wildman–Crippen MR) is 87.6 cm³/mol. The molecule has 0 spiro atoms. The molecule has 6 heteroatoms. The fraction of sp³-hybridized carbons (Fsp3) is 0.529. The summed E-state index contributed by atoms with van der Waals surface area (Å²) in [5, 5.41) is 3.28. The van der Waals surface area contributed by atoms with E-state index in [0.717, 1.165) is 51.3 Å². The summed E-state index contributed by atoms with van der Waals surface area (Å²) in [6, 6.07) is 7.41. The van der Waals surface area contributed by atoms with E-state index in [-0.39, 0.29) is 18.4 Å². The Balaban J connectivity index is 1.57. The van der Waals surface area contributed by atoms with Crippen LogP contribution >= 0.6 is 0 Å². The Labute approximate surface area is 136 Å². The number of hydrogen-bond acceptors (Lipinski definition) is 4. The fourth-order valence-corrected chi connectivity index (χ4v) is 2.99. The third-order valence-corrected chi connectivity index (χ3v) is 4.26. The molecule has 2 aliphatic rings. The first-order valence-electron chi connectivity index (χ1n) is 8.26. The minimum Gasteiger partial charge on any atom is -0.484 e. The minimum atomic E-state index is 0.0105. The zero-order valence-corrected chi connectivity index (χ0v) is 13.3. The molecular formula is C17H23N3O3. The van der Waals surface area contributed by atoms with E-state index in [0.29, 0.717) is 12.2 Å². The molecule has 124 valence electrons. The van der Waals surface area contributed by atoms with Crippen LogP contribution in [0.2, 0.25) is 0 Å². The number of carbonyl (C=O) groups is 2. The van der Waals surface area contributed by atoms with E-state index in [9.17, 15) is 9.59 Å². The summed E-state index contributed by atoms with van der Waals surface area (Å²) in [4.78, 5) is 27.6. The zero-order valence-electron chi connectivity index (χ0n) is 13.3. The van der Waals surface area contributed by atoms with Gasteiger partial charge in [0.05, 0.1) is 0 Å². The van der Waals surface area contributed by atoms with Crippen LogP contribution in [0.1, 0.15) is 19.3 Å². The zero-order chi connectivity index (χ0) is 16.1. The Morgan fingerprint density at radius 3 is 2.91 bits per heavy atom. The van der Waals surface area contributed by atoms with Gasteiger partial charge in [0.15, 0.2) is 6.61 Å². The van der Waals surface area contributed by atoms with E-state index < -0.39 is 0 Å². The fourth-order valence-electron chi connectivity index (χ4n) is 2.99. The van der Waals surface area contributed by atoms with Crippen molar-refractivity contribution in [2.45, 2.75) is 19.3 Å². The maximum atomic E-state index is 12.2. The standard InChI is InChI=1S/C17H23N3O3/c21-16-6-2-10-20(16)14-4-1-5-15(12-14)23-13-17(22)19-9-3-7-18-8-11-19/h1,4-5,12,18H,2-3,6-11,13H2. The van der Waals surface area contributed by atoms with Crippen LogP contribution in [0.3, 0.4) is 0 Å². The summed E-state index contributed by atoms with van der Waals surface area (Å²) in [6.07, 6.45) is 2.47. The highest BCUT2D eigenvalue weighted by atomic mass is 16.5. The SMILES string of the molecule is O=C(COc1cccc(N2CCCC2=O)c1)N1CCCNCC1. The van der Waals surface area contributed by atoms with E-state index in [1.54, 1.807) is 4.90 Å². The van der Waals surface area contributed by atoms with E-state index in [4.69, 9.17) is 4.74 Å². The molecular weight excluding hydrogens is 294 g/mol. The topological polar surface area (TPSA) is 61.9 Å². The third-order valence-electron chi connectivity index (χ3n) is 4.26. The summed E-state index contributed by atoms with van der Waals surface area (Å²) in [5.74, 6) is 0.787. The Hall–Kier alpha value is -2.08. The van der Waals surface area contributed by atoms with Gasteiger partial charge in [-0.05, 0) is 31.5 Å². The van der Waals surface area contributed by atoms with Crippen molar-refractivity contribution < 1.29 is 14.3 Å². The van der Waals surface area contributed by atoms with Crippen molar-refractivity contribution in [2.24, 2.45) is 0 Å². The lowest BCUT2D eigenvalue weighted by atomic mass is 10.3. The molecule has 2 saturated heterocycles. The Morgan fingerprint density at radius 2 is 2.09 bits per heavy atom. The number of rotatable bonds is 4. The van der Waals surface area contributed by atoms with Crippen molar-refractivity contribution in [1.29, 1.82) is 0 Å². The van der Waals surface area contributed by atoms with Crippen molar-refractivity contribution in [3.63, 3.8) is 0 Å². The van der Waals surface area contributed by atoms with Crippen LogP contribution in [-0.4, -0.2) is 56.0 Å². The second-order valence-corrected chi connectivity index (χ2v) is 5.92.